The number of rotatable bonds is 3. The predicted octanol–water partition coefficient (Wildman–Crippen LogP) is 3.06. The number of hydrogen-bond donors (Lipinski definition) is 0. The zero-order valence-corrected chi connectivity index (χ0v) is 9.33. The fraction of sp³-hybridized carbons (Fsp3) is 0.727. The summed E-state index contributed by atoms with van der Waals surface area (Å²) in [5.41, 5.74) is 2.68. The third-order valence-corrected chi connectivity index (χ3v) is 2.58. The molecule has 2 nitrogen and oxygen atoms in total. The van der Waals surface area contributed by atoms with Gasteiger partial charge in [-0.15, -0.1) is 0 Å². The maximum Gasteiger partial charge on any atom is 0.0684 e. The van der Waals surface area contributed by atoms with E-state index in [1.54, 1.807) is 0 Å². The number of hydrogen-bond acceptors (Lipinski definition) is 1. The van der Waals surface area contributed by atoms with E-state index < -0.39 is 0 Å². The van der Waals surface area contributed by atoms with Crippen molar-refractivity contribution in [1.82, 2.24) is 9.78 Å². The second-order valence-corrected chi connectivity index (χ2v) is 4.11. The predicted molar refractivity (Wildman–Crippen MR) is 56.0 cm³/mol. The highest BCUT2D eigenvalue weighted by Crippen LogP contribution is 2.26. The van der Waals surface area contributed by atoms with Gasteiger partial charge in [0.05, 0.1) is 5.69 Å². The quantitative estimate of drug-likeness (QED) is 0.699. The van der Waals surface area contributed by atoms with Gasteiger partial charge in [0.25, 0.3) is 0 Å². The molecule has 1 aromatic rings. The fourth-order valence-corrected chi connectivity index (χ4v) is 1.57. The number of nitrogens with zero attached hydrogens (tertiary/aromatic N) is 2. The van der Waals surface area contributed by atoms with E-state index in [1.807, 2.05) is 11.7 Å². The lowest BCUT2D eigenvalue weighted by Gasteiger charge is -2.10. The minimum absolute atomic E-state index is 0.533. The van der Waals surface area contributed by atoms with Crippen LogP contribution in [0, 0.1) is 0 Å². The summed E-state index contributed by atoms with van der Waals surface area (Å²) in [5, 5.41) is 4.50. The lowest BCUT2D eigenvalue weighted by Crippen LogP contribution is -1.98. The Morgan fingerprint density at radius 2 is 2.00 bits per heavy atom. The van der Waals surface area contributed by atoms with Crippen molar-refractivity contribution in [2.75, 3.05) is 0 Å². The van der Waals surface area contributed by atoms with Crippen LogP contribution in [0.1, 0.15) is 57.2 Å². The molecule has 74 valence electrons. The second-order valence-electron chi connectivity index (χ2n) is 4.11. The monoisotopic (exact) mass is 180 g/mol. The minimum Gasteiger partial charge on any atom is -0.275 e. The van der Waals surface area contributed by atoms with Crippen molar-refractivity contribution in [2.24, 2.45) is 7.05 Å². The molecule has 2 heteroatoms. The molecule has 1 rings (SSSR count). The molecular weight excluding hydrogens is 160 g/mol. The second kappa shape index (κ2) is 3.95. The molecule has 1 atom stereocenters. The molecule has 0 bridgehead atoms. The van der Waals surface area contributed by atoms with Gasteiger partial charge in [-0.2, -0.15) is 5.10 Å². The summed E-state index contributed by atoms with van der Waals surface area (Å²) < 4.78 is 1.93. The van der Waals surface area contributed by atoms with Gasteiger partial charge in [-0.25, -0.2) is 0 Å². The molecule has 0 saturated heterocycles. The molecule has 0 aromatic carbocycles. The van der Waals surface area contributed by atoms with E-state index in [9.17, 15) is 0 Å². The molecule has 0 aliphatic heterocycles. The van der Waals surface area contributed by atoms with Crippen LogP contribution in [0.25, 0.3) is 0 Å². The molecule has 0 amide bonds. The minimum atomic E-state index is 0.533. The van der Waals surface area contributed by atoms with E-state index in [-0.39, 0.29) is 0 Å². The van der Waals surface area contributed by atoms with Gasteiger partial charge in [0.2, 0.25) is 0 Å². The van der Waals surface area contributed by atoms with Crippen molar-refractivity contribution in [3.8, 4) is 0 Å². The van der Waals surface area contributed by atoms with Gasteiger partial charge in [0.15, 0.2) is 0 Å². The van der Waals surface area contributed by atoms with E-state index in [2.05, 4.69) is 39.0 Å². The van der Waals surface area contributed by atoms with Gasteiger partial charge >= 0.3 is 0 Å². The molecule has 0 fully saturated rings. The Bertz CT molecular complexity index is 274. The van der Waals surface area contributed by atoms with Crippen LogP contribution in [0.15, 0.2) is 6.20 Å². The molecule has 0 N–H and O–H groups in total. The average molecular weight is 180 g/mol. The van der Waals surface area contributed by atoms with Crippen molar-refractivity contribution in [3.63, 3.8) is 0 Å². The van der Waals surface area contributed by atoms with E-state index in [4.69, 9.17) is 0 Å². The molecular formula is C11H20N2. The van der Waals surface area contributed by atoms with Gasteiger partial charge in [-0.1, -0.05) is 27.7 Å². The first-order valence-corrected chi connectivity index (χ1v) is 5.09. The first kappa shape index (κ1) is 10.3. The van der Waals surface area contributed by atoms with Crippen LogP contribution in [0.2, 0.25) is 0 Å². The summed E-state index contributed by atoms with van der Waals surface area (Å²) in [6.07, 6.45) is 3.34. The highest BCUT2D eigenvalue weighted by Gasteiger charge is 2.15. The lowest BCUT2D eigenvalue weighted by atomic mass is 9.95. The first-order valence-electron chi connectivity index (χ1n) is 5.09. The van der Waals surface area contributed by atoms with Crippen molar-refractivity contribution >= 4 is 0 Å². The largest absolute Gasteiger partial charge is 0.275 e. The number of aryl methyl sites for hydroxylation is 1. The smallest absolute Gasteiger partial charge is 0.0684 e. The summed E-state index contributed by atoms with van der Waals surface area (Å²) in [6, 6.07) is 0. The lowest BCUT2D eigenvalue weighted by molar-refractivity contribution is 0.694. The molecule has 1 aromatic heterocycles. The zero-order valence-electron chi connectivity index (χ0n) is 9.33. The summed E-state index contributed by atoms with van der Waals surface area (Å²) >= 11 is 0. The highest BCUT2D eigenvalue weighted by atomic mass is 15.3. The van der Waals surface area contributed by atoms with Crippen LogP contribution < -0.4 is 0 Å². The van der Waals surface area contributed by atoms with Crippen molar-refractivity contribution in [2.45, 2.75) is 46.0 Å². The molecule has 0 aliphatic rings. The maximum absolute atomic E-state index is 4.50. The van der Waals surface area contributed by atoms with E-state index >= 15 is 0 Å². The summed E-state index contributed by atoms with van der Waals surface area (Å²) in [5.74, 6) is 1.16. The van der Waals surface area contributed by atoms with Crippen LogP contribution in [-0.2, 0) is 7.05 Å². The molecule has 0 radical (unpaired) electrons. The maximum atomic E-state index is 4.50. The Hall–Kier alpha value is -0.790. The molecule has 0 aliphatic carbocycles. The van der Waals surface area contributed by atoms with Crippen molar-refractivity contribution < 1.29 is 0 Å². The van der Waals surface area contributed by atoms with Gasteiger partial charge in [0, 0.05) is 13.2 Å². The summed E-state index contributed by atoms with van der Waals surface area (Å²) in [7, 11) is 2.00. The topological polar surface area (TPSA) is 17.8 Å². The molecule has 1 unspecified atom stereocenters. The normalized spacial score (nSPS) is 13.7. The summed E-state index contributed by atoms with van der Waals surface area (Å²) in [4.78, 5) is 0. The zero-order chi connectivity index (χ0) is 10.0. The number of aromatic nitrogens is 2. The molecule has 0 spiro atoms. The van der Waals surface area contributed by atoms with Gasteiger partial charge in [0.1, 0.15) is 0 Å². The van der Waals surface area contributed by atoms with Gasteiger partial charge in [-0.05, 0) is 23.8 Å². The standard InChI is InChI=1S/C11H20N2/c1-6-9(4)10-7-13(5)12-11(10)8(2)3/h7-9H,6H2,1-5H3. The molecule has 13 heavy (non-hydrogen) atoms. The summed E-state index contributed by atoms with van der Waals surface area (Å²) in [6.45, 7) is 8.90. The Morgan fingerprint density at radius 1 is 1.38 bits per heavy atom. The third-order valence-electron chi connectivity index (χ3n) is 2.58. The van der Waals surface area contributed by atoms with Crippen LogP contribution >= 0.6 is 0 Å². The van der Waals surface area contributed by atoms with Crippen molar-refractivity contribution in [1.29, 1.82) is 0 Å². The van der Waals surface area contributed by atoms with E-state index in [1.165, 1.54) is 17.7 Å². The van der Waals surface area contributed by atoms with Crippen LogP contribution in [0.4, 0.5) is 0 Å². The average Bonchev–Trinajstić information content (AvgIpc) is 2.46. The Labute approximate surface area is 81.0 Å². The van der Waals surface area contributed by atoms with Crippen molar-refractivity contribution in [3.05, 3.63) is 17.5 Å². The molecule has 1 heterocycles. The first-order chi connectivity index (χ1) is 6.06. The van der Waals surface area contributed by atoms with Gasteiger partial charge < -0.3 is 0 Å². The van der Waals surface area contributed by atoms with E-state index in [0.717, 1.165) is 0 Å². The molecule has 0 saturated carbocycles. The van der Waals surface area contributed by atoms with Crippen LogP contribution in [0.3, 0.4) is 0 Å². The van der Waals surface area contributed by atoms with E-state index in [0.29, 0.717) is 11.8 Å². The SMILES string of the molecule is CCC(C)c1cn(C)nc1C(C)C. The Kier molecular flexibility index (Phi) is 3.12. The van der Waals surface area contributed by atoms with Crippen LogP contribution in [-0.4, -0.2) is 9.78 Å². The third kappa shape index (κ3) is 2.11. The Morgan fingerprint density at radius 3 is 2.46 bits per heavy atom. The highest BCUT2D eigenvalue weighted by molar-refractivity contribution is 5.23. The fourth-order valence-electron chi connectivity index (χ4n) is 1.57. The Balaban J connectivity index is 3.04. The van der Waals surface area contributed by atoms with Gasteiger partial charge in [-0.3, -0.25) is 4.68 Å². The van der Waals surface area contributed by atoms with Crippen LogP contribution in [0.5, 0.6) is 0 Å².